The van der Waals surface area contributed by atoms with E-state index in [2.05, 4.69) is 17.9 Å². The predicted octanol–water partition coefficient (Wildman–Crippen LogP) is -0.0793. The van der Waals surface area contributed by atoms with Gasteiger partial charge in [0.15, 0.2) is 0 Å². The van der Waals surface area contributed by atoms with Crippen LogP contribution in [0.3, 0.4) is 0 Å². The standard InChI is InChI=1S/C6H10NO2S/c1-5(9)7-6(4-8)2-3-10/h6,10H,2-3H2,1H3,(H,7,9)/t6-/m0/s1. The number of carbonyl (C=O) groups is 1. The van der Waals surface area contributed by atoms with Gasteiger partial charge in [-0.3, -0.25) is 9.59 Å². The summed E-state index contributed by atoms with van der Waals surface area (Å²) in [6.45, 7) is 1.36. The molecule has 0 fully saturated rings. The number of carbonyl (C=O) groups excluding carboxylic acids is 2. The Labute approximate surface area is 65.6 Å². The highest BCUT2D eigenvalue weighted by molar-refractivity contribution is 7.80. The third-order valence-corrected chi connectivity index (χ3v) is 1.20. The van der Waals surface area contributed by atoms with Crippen molar-refractivity contribution in [3.8, 4) is 0 Å². The van der Waals surface area contributed by atoms with Crippen LogP contribution >= 0.6 is 12.6 Å². The topological polar surface area (TPSA) is 46.2 Å². The van der Waals surface area contributed by atoms with Gasteiger partial charge in [0.25, 0.3) is 0 Å². The van der Waals surface area contributed by atoms with Gasteiger partial charge in [-0.25, -0.2) is 0 Å². The van der Waals surface area contributed by atoms with Gasteiger partial charge in [-0.15, -0.1) is 0 Å². The first-order chi connectivity index (χ1) is 4.70. The van der Waals surface area contributed by atoms with Crippen molar-refractivity contribution >= 4 is 24.8 Å². The van der Waals surface area contributed by atoms with Crippen LogP contribution in [0.25, 0.3) is 0 Å². The van der Waals surface area contributed by atoms with Gasteiger partial charge < -0.3 is 5.32 Å². The van der Waals surface area contributed by atoms with Gasteiger partial charge in [0.05, 0.1) is 6.04 Å². The Balaban J connectivity index is 3.59. The lowest BCUT2D eigenvalue weighted by Gasteiger charge is -2.06. The van der Waals surface area contributed by atoms with Crippen LogP contribution in [0.5, 0.6) is 0 Å². The molecule has 10 heavy (non-hydrogen) atoms. The molecule has 0 aromatic carbocycles. The average molecular weight is 160 g/mol. The second kappa shape index (κ2) is 5.29. The summed E-state index contributed by atoms with van der Waals surface area (Å²) in [5.41, 5.74) is 0. The molecule has 0 unspecified atom stereocenters. The Hall–Kier alpha value is -0.510. The fourth-order valence-electron chi connectivity index (χ4n) is 0.535. The first kappa shape index (κ1) is 9.49. The molecule has 57 valence electrons. The average Bonchev–Trinajstić information content (AvgIpc) is 1.86. The van der Waals surface area contributed by atoms with Crippen molar-refractivity contribution in [3.63, 3.8) is 0 Å². The SMILES string of the molecule is CC(=O)N[C@H]([C]=O)CCS. The second-order valence-corrected chi connectivity index (χ2v) is 2.33. The maximum absolute atomic E-state index is 10.4. The van der Waals surface area contributed by atoms with E-state index in [9.17, 15) is 9.59 Å². The lowest BCUT2D eigenvalue weighted by Crippen LogP contribution is -2.34. The van der Waals surface area contributed by atoms with Crippen molar-refractivity contribution in [1.82, 2.24) is 5.32 Å². The van der Waals surface area contributed by atoms with Crippen LogP contribution in [0, 0.1) is 0 Å². The minimum absolute atomic E-state index is 0.213. The van der Waals surface area contributed by atoms with E-state index in [-0.39, 0.29) is 5.91 Å². The number of thiol groups is 1. The molecule has 0 aliphatic rings. The molecule has 0 aliphatic heterocycles. The molecule has 0 aliphatic carbocycles. The monoisotopic (exact) mass is 160 g/mol. The largest absolute Gasteiger partial charge is 0.346 e. The number of rotatable bonds is 4. The minimum atomic E-state index is -0.491. The fraction of sp³-hybridized carbons (Fsp3) is 0.667. The van der Waals surface area contributed by atoms with Gasteiger partial charge in [0.2, 0.25) is 12.2 Å². The van der Waals surface area contributed by atoms with E-state index in [1.807, 2.05) is 0 Å². The third kappa shape index (κ3) is 4.38. The van der Waals surface area contributed by atoms with E-state index in [4.69, 9.17) is 0 Å². The minimum Gasteiger partial charge on any atom is -0.346 e. The van der Waals surface area contributed by atoms with E-state index in [0.717, 1.165) is 0 Å². The Bertz CT molecular complexity index is 127. The van der Waals surface area contributed by atoms with Crippen LogP contribution in [0.2, 0.25) is 0 Å². The Kier molecular flexibility index (Phi) is 5.02. The molecule has 1 radical (unpaired) electrons. The van der Waals surface area contributed by atoms with Crippen LogP contribution in [-0.2, 0) is 9.59 Å². The zero-order chi connectivity index (χ0) is 7.98. The van der Waals surface area contributed by atoms with Crippen LogP contribution in [0.1, 0.15) is 13.3 Å². The Morgan fingerprint density at radius 3 is 2.70 bits per heavy atom. The summed E-state index contributed by atoms with van der Waals surface area (Å²) in [5, 5.41) is 2.42. The first-order valence-corrected chi connectivity index (χ1v) is 3.59. The molecular formula is C6H10NO2S. The molecule has 0 bridgehead atoms. The molecule has 0 saturated heterocycles. The maximum Gasteiger partial charge on any atom is 0.222 e. The summed E-state index contributed by atoms with van der Waals surface area (Å²) < 4.78 is 0. The highest BCUT2D eigenvalue weighted by Crippen LogP contribution is 1.89. The smallest absolute Gasteiger partial charge is 0.222 e. The van der Waals surface area contributed by atoms with Crippen molar-refractivity contribution in [3.05, 3.63) is 0 Å². The van der Waals surface area contributed by atoms with Crippen molar-refractivity contribution in [1.29, 1.82) is 0 Å². The van der Waals surface area contributed by atoms with Crippen molar-refractivity contribution in [2.24, 2.45) is 0 Å². The van der Waals surface area contributed by atoms with E-state index in [0.29, 0.717) is 12.2 Å². The molecule has 0 saturated carbocycles. The molecule has 1 N–H and O–H groups in total. The normalized spacial score (nSPS) is 12.2. The summed E-state index contributed by atoms with van der Waals surface area (Å²) in [7, 11) is 0. The van der Waals surface area contributed by atoms with Gasteiger partial charge >= 0.3 is 0 Å². The van der Waals surface area contributed by atoms with Crippen LogP contribution < -0.4 is 5.32 Å². The molecule has 0 aromatic heterocycles. The highest BCUT2D eigenvalue weighted by Gasteiger charge is 2.06. The first-order valence-electron chi connectivity index (χ1n) is 2.96. The summed E-state index contributed by atoms with van der Waals surface area (Å²) in [6.07, 6.45) is 2.24. The quantitative estimate of drug-likeness (QED) is 0.565. The Morgan fingerprint density at radius 1 is 1.80 bits per heavy atom. The summed E-state index contributed by atoms with van der Waals surface area (Å²) >= 11 is 3.91. The van der Waals surface area contributed by atoms with Crippen molar-refractivity contribution < 1.29 is 9.59 Å². The lowest BCUT2D eigenvalue weighted by molar-refractivity contribution is -0.119. The lowest BCUT2D eigenvalue weighted by atomic mass is 10.2. The number of nitrogens with one attached hydrogen (secondary N) is 1. The second-order valence-electron chi connectivity index (χ2n) is 1.88. The molecular weight excluding hydrogens is 150 g/mol. The summed E-state index contributed by atoms with van der Waals surface area (Å²) in [6, 6.07) is -0.491. The molecule has 1 atom stereocenters. The van der Waals surface area contributed by atoms with Gasteiger partial charge in [0, 0.05) is 6.92 Å². The molecule has 3 nitrogen and oxygen atoms in total. The van der Waals surface area contributed by atoms with Crippen molar-refractivity contribution in [2.45, 2.75) is 19.4 Å². The van der Waals surface area contributed by atoms with E-state index >= 15 is 0 Å². The molecule has 1 amide bonds. The van der Waals surface area contributed by atoms with E-state index in [1.54, 1.807) is 6.29 Å². The fourth-order valence-corrected chi connectivity index (χ4v) is 0.793. The van der Waals surface area contributed by atoms with Gasteiger partial charge in [-0.1, -0.05) is 0 Å². The highest BCUT2D eigenvalue weighted by atomic mass is 32.1. The number of amides is 1. The van der Waals surface area contributed by atoms with Gasteiger partial charge in [0.1, 0.15) is 0 Å². The van der Waals surface area contributed by atoms with Crippen molar-refractivity contribution in [2.75, 3.05) is 5.75 Å². The molecule has 0 rings (SSSR count). The zero-order valence-corrected chi connectivity index (χ0v) is 6.65. The molecule has 0 heterocycles. The van der Waals surface area contributed by atoms with Crippen LogP contribution in [0.4, 0.5) is 0 Å². The number of hydrogen-bond acceptors (Lipinski definition) is 3. The van der Waals surface area contributed by atoms with Crippen LogP contribution in [0.15, 0.2) is 0 Å². The molecule has 4 heteroatoms. The zero-order valence-electron chi connectivity index (χ0n) is 5.76. The number of hydrogen-bond donors (Lipinski definition) is 2. The summed E-state index contributed by atoms with van der Waals surface area (Å²) in [4.78, 5) is 20.4. The third-order valence-electron chi connectivity index (χ3n) is 0.938. The summed E-state index contributed by atoms with van der Waals surface area (Å²) in [5.74, 6) is 0.357. The van der Waals surface area contributed by atoms with Crippen LogP contribution in [-0.4, -0.2) is 24.0 Å². The maximum atomic E-state index is 10.4. The van der Waals surface area contributed by atoms with E-state index < -0.39 is 6.04 Å². The molecule has 0 spiro atoms. The van der Waals surface area contributed by atoms with Gasteiger partial charge in [-0.2, -0.15) is 12.6 Å². The predicted molar refractivity (Wildman–Crippen MR) is 41.8 cm³/mol. The van der Waals surface area contributed by atoms with Gasteiger partial charge in [-0.05, 0) is 12.2 Å². The Morgan fingerprint density at radius 2 is 2.40 bits per heavy atom. The molecule has 0 aromatic rings. The van der Waals surface area contributed by atoms with E-state index in [1.165, 1.54) is 6.92 Å².